The molecule has 2 aromatic rings. The van der Waals surface area contributed by atoms with E-state index in [0.717, 1.165) is 6.07 Å². The fourth-order valence-corrected chi connectivity index (χ4v) is 3.14. The summed E-state index contributed by atoms with van der Waals surface area (Å²) in [5.41, 5.74) is 0.839. The van der Waals surface area contributed by atoms with Crippen molar-refractivity contribution in [1.82, 2.24) is 15.2 Å². The van der Waals surface area contributed by atoms with E-state index in [0.29, 0.717) is 37.4 Å². The van der Waals surface area contributed by atoms with Crippen molar-refractivity contribution in [3.05, 3.63) is 59.7 Å². The molecule has 1 aromatic carbocycles. The van der Waals surface area contributed by atoms with Gasteiger partial charge in [-0.3, -0.25) is 14.6 Å². The Bertz CT molecular complexity index is 910. The van der Waals surface area contributed by atoms with Crippen LogP contribution in [0.5, 0.6) is 5.75 Å². The van der Waals surface area contributed by atoms with Gasteiger partial charge in [-0.05, 0) is 44.0 Å². The molecule has 1 fully saturated rings. The van der Waals surface area contributed by atoms with Gasteiger partial charge in [-0.1, -0.05) is 12.1 Å². The molecular weight excluding hydrogens is 377 g/mol. The predicted octanol–water partition coefficient (Wildman–Crippen LogP) is 2.74. The number of benzene rings is 1. The predicted molar refractivity (Wildman–Crippen MR) is 103 cm³/mol. The number of amides is 2. The zero-order valence-electron chi connectivity index (χ0n) is 16.1. The molecule has 7 nitrogen and oxygen atoms in total. The van der Waals surface area contributed by atoms with Gasteiger partial charge < -0.3 is 15.0 Å². The second kappa shape index (κ2) is 9.27. The van der Waals surface area contributed by atoms with Crippen molar-refractivity contribution in [2.75, 3.05) is 19.6 Å². The number of pyridine rings is 1. The fourth-order valence-electron chi connectivity index (χ4n) is 3.14. The maximum Gasteiger partial charge on any atom is 0.415 e. The molecule has 1 saturated heterocycles. The molecule has 0 unspecified atom stereocenters. The molecule has 0 bridgehead atoms. The molecule has 152 valence electrons. The molecule has 0 aliphatic carbocycles. The number of rotatable bonds is 5. The van der Waals surface area contributed by atoms with Crippen LogP contribution in [-0.2, 0) is 4.79 Å². The Hall–Kier alpha value is -3.29. The number of carbonyl (C=O) groups is 3. The molecule has 0 radical (unpaired) electrons. The smallest absolute Gasteiger partial charge is 0.408 e. The van der Waals surface area contributed by atoms with Crippen LogP contribution in [0, 0.1) is 18.7 Å². The minimum absolute atomic E-state index is 0.190. The van der Waals surface area contributed by atoms with Crippen LogP contribution >= 0.6 is 0 Å². The third-order valence-electron chi connectivity index (χ3n) is 4.85. The largest absolute Gasteiger partial charge is 0.415 e. The number of nitrogens with zero attached hydrogens (tertiary/aromatic N) is 2. The molecule has 0 saturated carbocycles. The zero-order valence-corrected chi connectivity index (χ0v) is 16.1. The van der Waals surface area contributed by atoms with Gasteiger partial charge in [0, 0.05) is 30.8 Å². The lowest BCUT2D eigenvalue weighted by atomic mass is 9.96. The highest BCUT2D eigenvalue weighted by atomic mass is 19.1. The van der Waals surface area contributed by atoms with Crippen LogP contribution in [0.25, 0.3) is 0 Å². The molecule has 1 aliphatic heterocycles. The number of Topliss-reactive ketones (excluding diaryl/α,β-unsaturated/α-hetero) is 1. The first-order valence-electron chi connectivity index (χ1n) is 9.39. The quantitative estimate of drug-likeness (QED) is 0.781. The van der Waals surface area contributed by atoms with Gasteiger partial charge >= 0.3 is 6.09 Å². The van der Waals surface area contributed by atoms with Crippen LogP contribution in [0.15, 0.2) is 42.6 Å². The second-order valence-corrected chi connectivity index (χ2v) is 6.87. The first-order valence-corrected chi connectivity index (χ1v) is 9.39. The van der Waals surface area contributed by atoms with Crippen molar-refractivity contribution in [1.29, 1.82) is 0 Å². The second-order valence-electron chi connectivity index (χ2n) is 6.87. The number of ether oxygens (including phenoxy) is 1. The molecule has 2 amide bonds. The molecule has 29 heavy (non-hydrogen) atoms. The number of halogens is 1. The Morgan fingerprint density at radius 1 is 1.21 bits per heavy atom. The fraction of sp³-hybridized carbons (Fsp3) is 0.333. The van der Waals surface area contributed by atoms with E-state index in [1.807, 2.05) is 0 Å². The van der Waals surface area contributed by atoms with Crippen LogP contribution in [-0.4, -0.2) is 47.3 Å². The summed E-state index contributed by atoms with van der Waals surface area (Å²) in [6, 6.07) is 8.72. The Labute approximate surface area is 167 Å². The number of aromatic nitrogens is 1. The normalized spacial score (nSPS) is 14.3. The summed E-state index contributed by atoms with van der Waals surface area (Å²) >= 11 is 0. The van der Waals surface area contributed by atoms with Crippen LogP contribution in [0.1, 0.15) is 28.9 Å². The summed E-state index contributed by atoms with van der Waals surface area (Å²) in [7, 11) is 0. The van der Waals surface area contributed by atoms with E-state index in [-0.39, 0.29) is 29.7 Å². The minimum atomic E-state index is -0.497. The van der Waals surface area contributed by atoms with Gasteiger partial charge in [0.05, 0.1) is 12.2 Å². The van der Waals surface area contributed by atoms with Crippen molar-refractivity contribution in [2.45, 2.75) is 19.8 Å². The van der Waals surface area contributed by atoms with E-state index >= 15 is 0 Å². The van der Waals surface area contributed by atoms with Gasteiger partial charge in [0.1, 0.15) is 5.82 Å². The monoisotopic (exact) mass is 399 g/mol. The summed E-state index contributed by atoms with van der Waals surface area (Å²) in [5, 5.41) is 2.61. The molecule has 3 rings (SSSR count). The lowest BCUT2D eigenvalue weighted by molar-refractivity contribution is -0.126. The molecule has 2 heterocycles. The summed E-state index contributed by atoms with van der Waals surface area (Å²) in [4.78, 5) is 42.3. The summed E-state index contributed by atoms with van der Waals surface area (Å²) in [5.74, 6) is -0.979. The summed E-state index contributed by atoms with van der Waals surface area (Å²) in [6.07, 6.45) is 2.10. The number of aryl methyl sites for hydroxylation is 1. The van der Waals surface area contributed by atoms with Crippen molar-refractivity contribution in [3.63, 3.8) is 0 Å². The Balaban J connectivity index is 1.45. The zero-order chi connectivity index (χ0) is 20.8. The van der Waals surface area contributed by atoms with Gasteiger partial charge in [0.15, 0.2) is 11.5 Å². The average molecular weight is 399 g/mol. The van der Waals surface area contributed by atoms with Gasteiger partial charge in [0.25, 0.3) is 0 Å². The maximum absolute atomic E-state index is 13.2. The number of ketones is 1. The molecule has 1 aromatic heterocycles. The van der Waals surface area contributed by atoms with Crippen molar-refractivity contribution >= 4 is 17.8 Å². The molecule has 0 atom stereocenters. The summed E-state index contributed by atoms with van der Waals surface area (Å²) in [6.45, 7) is 2.33. The lowest BCUT2D eigenvalue weighted by Crippen LogP contribution is -2.44. The van der Waals surface area contributed by atoms with E-state index in [4.69, 9.17) is 4.74 Å². The van der Waals surface area contributed by atoms with E-state index in [1.165, 1.54) is 18.2 Å². The van der Waals surface area contributed by atoms with Gasteiger partial charge in [-0.15, -0.1) is 0 Å². The molecule has 1 N–H and O–H groups in total. The number of likely N-dealkylation sites (tertiary alicyclic amines) is 1. The first kappa shape index (κ1) is 20.4. The molecule has 8 heteroatoms. The van der Waals surface area contributed by atoms with Crippen LogP contribution in [0.4, 0.5) is 9.18 Å². The van der Waals surface area contributed by atoms with E-state index < -0.39 is 11.9 Å². The number of hydrogen-bond donors (Lipinski definition) is 1. The highest BCUT2D eigenvalue weighted by Gasteiger charge is 2.28. The van der Waals surface area contributed by atoms with Crippen LogP contribution in [0.3, 0.4) is 0 Å². The highest BCUT2D eigenvalue weighted by Crippen LogP contribution is 2.20. The van der Waals surface area contributed by atoms with Gasteiger partial charge in [0.2, 0.25) is 5.91 Å². The Kier molecular flexibility index (Phi) is 6.54. The molecule has 0 spiro atoms. The third-order valence-corrected chi connectivity index (χ3v) is 4.85. The van der Waals surface area contributed by atoms with E-state index in [1.54, 1.807) is 30.2 Å². The summed E-state index contributed by atoms with van der Waals surface area (Å²) < 4.78 is 18.6. The Morgan fingerprint density at radius 2 is 1.97 bits per heavy atom. The highest BCUT2D eigenvalue weighted by molar-refractivity contribution is 5.99. The first-order chi connectivity index (χ1) is 13.9. The number of hydrogen-bond acceptors (Lipinski definition) is 5. The van der Waals surface area contributed by atoms with Gasteiger partial charge in [-0.25, -0.2) is 9.18 Å². The minimum Gasteiger partial charge on any atom is -0.408 e. The van der Waals surface area contributed by atoms with Crippen molar-refractivity contribution in [2.24, 2.45) is 5.92 Å². The maximum atomic E-state index is 13.2. The van der Waals surface area contributed by atoms with Crippen LogP contribution < -0.4 is 10.1 Å². The number of carbonyl (C=O) groups excluding carboxylic acids is 3. The molecular formula is C21H22FN3O4. The molecule has 1 aliphatic rings. The van der Waals surface area contributed by atoms with Gasteiger partial charge in [-0.2, -0.15) is 0 Å². The third kappa shape index (κ3) is 5.37. The number of piperidine rings is 1. The van der Waals surface area contributed by atoms with Crippen molar-refractivity contribution in [3.8, 4) is 5.75 Å². The number of nitrogens with one attached hydrogen (secondary N) is 1. The average Bonchev–Trinajstić information content (AvgIpc) is 2.73. The lowest BCUT2D eigenvalue weighted by Gasteiger charge is -2.30. The van der Waals surface area contributed by atoms with Crippen molar-refractivity contribution < 1.29 is 23.5 Å². The van der Waals surface area contributed by atoms with E-state index in [2.05, 4.69) is 10.3 Å². The van der Waals surface area contributed by atoms with E-state index in [9.17, 15) is 18.8 Å². The topological polar surface area (TPSA) is 88.6 Å². The SMILES string of the molecule is Cc1ncccc1OC(=O)N1CCC(C(=O)NCC(=O)c2cccc(F)c2)CC1. The standard InChI is InChI=1S/C21H22FN3O4/c1-14-19(6-3-9-23-14)29-21(28)25-10-7-15(8-11-25)20(27)24-13-18(26)16-4-2-5-17(22)12-16/h2-6,9,12,15H,7-8,10-11,13H2,1H3,(H,24,27). The van der Waals surface area contributed by atoms with Crippen LogP contribution in [0.2, 0.25) is 0 Å². The Morgan fingerprint density at radius 3 is 2.66 bits per heavy atom.